The average molecular weight is 755 g/mol. The summed E-state index contributed by atoms with van der Waals surface area (Å²) in [6.45, 7) is 26.8. The molecule has 4 N–H and O–H groups in total. The first kappa shape index (κ1) is 38.3. The molecule has 0 amide bonds. The first-order valence-corrected chi connectivity index (χ1v) is 21.0. The summed E-state index contributed by atoms with van der Waals surface area (Å²) in [6, 6.07) is 16.1. The lowest BCUT2D eigenvalue weighted by molar-refractivity contribution is 0.877. The van der Waals surface area contributed by atoms with Crippen molar-refractivity contribution < 1.29 is 0 Å². The number of fused-ring (bicyclic) bond motifs is 8. The highest BCUT2D eigenvalue weighted by molar-refractivity contribution is 6.01. The minimum atomic E-state index is 0.0484. The van der Waals surface area contributed by atoms with Crippen LogP contribution in [0.25, 0.3) is 55.5 Å². The molecule has 0 atom stereocenters. The molecule has 6 heteroatoms. The molecule has 6 nitrogen and oxygen atoms in total. The van der Waals surface area contributed by atoms with Crippen molar-refractivity contribution in [3.8, 4) is 11.1 Å². The summed E-state index contributed by atoms with van der Waals surface area (Å²) >= 11 is 0. The lowest BCUT2D eigenvalue weighted by atomic mass is 9.86. The van der Waals surface area contributed by atoms with Crippen molar-refractivity contribution in [1.29, 1.82) is 0 Å². The van der Waals surface area contributed by atoms with Crippen LogP contribution in [-0.2, 0) is 25.7 Å². The number of aromatic amines is 4. The zero-order chi connectivity index (χ0) is 40.4. The van der Waals surface area contributed by atoms with Gasteiger partial charge in [-0.15, -0.1) is 0 Å². The van der Waals surface area contributed by atoms with Gasteiger partial charge in [0.1, 0.15) is 0 Å². The van der Waals surface area contributed by atoms with E-state index in [9.17, 15) is 0 Å². The monoisotopic (exact) mass is 754 g/mol. The standard InChI is InChI=1S/C51H58N6/c1-13-34-24-52-48(30(34)9)46(49-31(10)35(14-2)25-53-49)36-17-19-37(20-18-36)47-50-28(7)26(5)40(56-50)21-42-32(11)38(15-3)44(54-42)23-45-39(16-4)33(12)43(55-45)22-41-27(6)29(8)51(47)57-41/h17-25,46,52-55H,13-16H2,1-12H3. The third-order valence-electron chi connectivity index (χ3n) is 13.4. The number of nitrogens with one attached hydrogen (secondary N) is 4. The molecule has 0 spiro atoms. The van der Waals surface area contributed by atoms with Crippen molar-refractivity contribution in [1.82, 2.24) is 29.9 Å². The van der Waals surface area contributed by atoms with Crippen LogP contribution in [0.15, 0.2) is 54.9 Å². The van der Waals surface area contributed by atoms with Crippen molar-refractivity contribution in [2.75, 3.05) is 0 Å². The van der Waals surface area contributed by atoms with Gasteiger partial charge < -0.3 is 19.9 Å². The smallest absolute Gasteiger partial charge is 0.0769 e. The fourth-order valence-electron chi connectivity index (χ4n) is 9.45. The van der Waals surface area contributed by atoms with Gasteiger partial charge in [-0.1, -0.05) is 52.0 Å². The van der Waals surface area contributed by atoms with Gasteiger partial charge in [0.15, 0.2) is 0 Å². The fourth-order valence-corrected chi connectivity index (χ4v) is 9.45. The molecular weight excluding hydrogens is 697 g/mol. The summed E-state index contributed by atoms with van der Waals surface area (Å²) in [5.74, 6) is 0.0484. The van der Waals surface area contributed by atoms with Crippen LogP contribution in [0.4, 0.5) is 0 Å². The first-order valence-electron chi connectivity index (χ1n) is 21.0. The van der Waals surface area contributed by atoms with E-state index in [4.69, 9.17) is 9.97 Å². The van der Waals surface area contributed by atoms with E-state index >= 15 is 0 Å². The Labute approximate surface area is 338 Å². The largest absolute Gasteiger partial charge is 0.364 e. The zero-order valence-corrected chi connectivity index (χ0v) is 36.0. The number of aryl methyl sites for hydroxylation is 6. The maximum Gasteiger partial charge on any atom is 0.0769 e. The molecule has 8 rings (SSSR count). The van der Waals surface area contributed by atoms with Crippen molar-refractivity contribution in [2.45, 2.75) is 115 Å². The van der Waals surface area contributed by atoms with E-state index in [0.717, 1.165) is 81.7 Å². The van der Waals surface area contributed by atoms with Crippen molar-refractivity contribution >= 4 is 44.4 Å². The summed E-state index contributed by atoms with van der Waals surface area (Å²) in [5, 5.41) is 0. The number of H-pyrrole nitrogens is 4. The van der Waals surface area contributed by atoms with E-state index in [0.29, 0.717) is 0 Å². The Kier molecular flexibility index (Phi) is 9.88. The average Bonchev–Trinajstić information content (AvgIpc) is 4.03. The molecule has 2 aliphatic heterocycles. The topological polar surface area (TPSA) is 88.9 Å². The van der Waals surface area contributed by atoms with Gasteiger partial charge in [0.05, 0.1) is 28.7 Å². The highest BCUT2D eigenvalue weighted by Crippen LogP contribution is 2.43. The molecular formula is C51H58N6. The predicted molar refractivity (Wildman–Crippen MR) is 242 cm³/mol. The second kappa shape index (κ2) is 14.7. The summed E-state index contributed by atoms with van der Waals surface area (Å²) in [4.78, 5) is 26.0. The quantitative estimate of drug-likeness (QED) is 0.125. The molecule has 2 aliphatic rings. The van der Waals surface area contributed by atoms with Gasteiger partial charge in [-0.05, 0) is 177 Å². The summed E-state index contributed by atoms with van der Waals surface area (Å²) in [5.41, 5.74) is 29.8. The van der Waals surface area contributed by atoms with E-state index in [1.807, 2.05) is 0 Å². The van der Waals surface area contributed by atoms with Gasteiger partial charge in [-0.2, -0.15) is 0 Å². The first-order chi connectivity index (χ1) is 27.4. The van der Waals surface area contributed by atoms with Crippen LogP contribution in [0, 0.1) is 27.7 Å². The number of hydrogen-bond donors (Lipinski definition) is 4. The Morgan fingerprint density at radius 1 is 0.491 bits per heavy atom. The van der Waals surface area contributed by atoms with Crippen LogP contribution in [0.1, 0.15) is 146 Å². The number of hydrogen-bond acceptors (Lipinski definition) is 2. The second-order valence-electron chi connectivity index (χ2n) is 16.3. The maximum absolute atomic E-state index is 5.50. The van der Waals surface area contributed by atoms with E-state index < -0.39 is 0 Å². The van der Waals surface area contributed by atoms with E-state index in [2.05, 4.69) is 158 Å². The highest BCUT2D eigenvalue weighted by atomic mass is 14.8. The number of benzene rings is 1. The molecule has 292 valence electrons. The molecule has 0 radical (unpaired) electrons. The lowest BCUT2D eigenvalue weighted by Gasteiger charge is -2.20. The Morgan fingerprint density at radius 3 is 1.32 bits per heavy atom. The van der Waals surface area contributed by atoms with Gasteiger partial charge in [-0.25, -0.2) is 9.97 Å². The lowest BCUT2D eigenvalue weighted by Crippen LogP contribution is -2.08. The molecule has 8 bridgehead atoms. The third-order valence-corrected chi connectivity index (χ3v) is 13.4. The minimum absolute atomic E-state index is 0.0484. The normalized spacial score (nSPS) is 13.2. The van der Waals surface area contributed by atoms with E-state index in [-0.39, 0.29) is 5.92 Å². The Balaban J connectivity index is 1.43. The zero-order valence-electron chi connectivity index (χ0n) is 36.0. The van der Waals surface area contributed by atoms with Gasteiger partial charge in [0.25, 0.3) is 0 Å². The van der Waals surface area contributed by atoms with Crippen LogP contribution < -0.4 is 0 Å². The van der Waals surface area contributed by atoms with Crippen LogP contribution in [-0.4, -0.2) is 29.9 Å². The van der Waals surface area contributed by atoms with Crippen LogP contribution in [0.2, 0.25) is 0 Å². The SMILES string of the molecule is CCc1c[nH]c(C(c2ccc(-c3c4nc(cc5[nH]c(cc6[nH]c(cc7nc3C(C)=C7C)c(C)c6CC)c(CC)c5C)C(C)=C4C)cc2)c2[nH]cc(CC)c2C)c1C. The molecule has 0 saturated heterocycles. The summed E-state index contributed by atoms with van der Waals surface area (Å²) in [7, 11) is 0. The molecule has 1 aromatic carbocycles. The van der Waals surface area contributed by atoms with Crippen LogP contribution in [0.3, 0.4) is 0 Å². The molecule has 5 aromatic heterocycles. The third kappa shape index (κ3) is 6.16. The molecule has 0 fully saturated rings. The summed E-state index contributed by atoms with van der Waals surface area (Å²) < 4.78 is 0. The molecule has 7 heterocycles. The van der Waals surface area contributed by atoms with Crippen molar-refractivity contribution in [3.05, 3.63) is 139 Å². The van der Waals surface area contributed by atoms with Crippen molar-refractivity contribution in [3.63, 3.8) is 0 Å². The van der Waals surface area contributed by atoms with Gasteiger partial charge in [-0.3, -0.25) is 0 Å². The highest BCUT2D eigenvalue weighted by Gasteiger charge is 2.28. The Morgan fingerprint density at radius 2 is 0.930 bits per heavy atom. The minimum Gasteiger partial charge on any atom is -0.364 e. The molecule has 57 heavy (non-hydrogen) atoms. The summed E-state index contributed by atoms with van der Waals surface area (Å²) in [6.07, 6.45) is 8.27. The molecule has 0 saturated carbocycles. The second-order valence-corrected chi connectivity index (χ2v) is 16.3. The van der Waals surface area contributed by atoms with Crippen LogP contribution >= 0.6 is 0 Å². The number of aromatic nitrogens is 6. The van der Waals surface area contributed by atoms with Gasteiger partial charge >= 0.3 is 0 Å². The van der Waals surface area contributed by atoms with E-state index in [1.54, 1.807) is 0 Å². The van der Waals surface area contributed by atoms with E-state index in [1.165, 1.54) is 83.8 Å². The molecule has 0 aliphatic carbocycles. The van der Waals surface area contributed by atoms with Crippen LogP contribution in [0.5, 0.6) is 0 Å². The Bertz CT molecular complexity index is 2640. The van der Waals surface area contributed by atoms with Crippen molar-refractivity contribution in [2.24, 2.45) is 0 Å². The maximum atomic E-state index is 5.50. The van der Waals surface area contributed by atoms with Gasteiger partial charge in [0, 0.05) is 51.4 Å². The Hall–Kier alpha value is -5.62. The van der Waals surface area contributed by atoms with Gasteiger partial charge in [0.2, 0.25) is 0 Å². The number of rotatable bonds is 8. The molecule has 6 aromatic rings. The predicted octanol–water partition coefficient (Wildman–Crippen LogP) is 13.2. The molecule has 0 unspecified atom stereocenters. The number of allylic oxidation sites excluding steroid dienone is 4. The fraction of sp³-hybridized carbons (Fsp3) is 0.333. The number of nitrogens with zero attached hydrogens (tertiary/aromatic N) is 2.